The van der Waals surface area contributed by atoms with E-state index < -0.39 is 0 Å². The Morgan fingerprint density at radius 1 is 1.20 bits per heavy atom. The first-order valence-corrected chi connectivity index (χ1v) is 9.44. The van der Waals surface area contributed by atoms with Crippen molar-refractivity contribution in [2.45, 2.75) is 43.8 Å². The Morgan fingerprint density at radius 3 is 2.72 bits per heavy atom. The zero-order chi connectivity index (χ0) is 17.4. The van der Waals surface area contributed by atoms with E-state index in [1.165, 1.54) is 0 Å². The Morgan fingerprint density at radius 2 is 1.96 bits per heavy atom. The van der Waals surface area contributed by atoms with E-state index >= 15 is 0 Å². The van der Waals surface area contributed by atoms with E-state index in [-0.39, 0.29) is 35.8 Å². The van der Waals surface area contributed by atoms with Crippen molar-refractivity contribution < 1.29 is 9.59 Å². The minimum Gasteiger partial charge on any atom is -0.382 e. The molecule has 5 nitrogen and oxygen atoms in total. The minimum atomic E-state index is -0.384. The summed E-state index contributed by atoms with van der Waals surface area (Å²) in [4.78, 5) is 27.4. The maximum absolute atomic E-state index is 12.9. The monoisotopic (exact) mass is 359 g/mol. The Hall–Kier alpha value is -2.01. The highest BCUT2D eigenvalue weighted by Crippen LogP contribution is 2.40. The van der Waals surface area contributed by atoms with Crippen molar-refractivity contribution in [3.05, 3.63) is 47.2 Å². The van der Waals surface area contributed by atoms with E-state index in [1.807, 2.05) is 35.2 Å². The number of hydrogen-bond donors (Lipinski definition) is 2. The molecule has 3 unspecified atom stereocenters. The third-order valence-corrected chi connectivity index (χ3v) is 5.74. The summed E-state index contributed by atoms with van der Waals surface area (Å²) in [5, 5.41) is 6.49. The molecule has 25 heavy (non-hydrogen) atoms. The second kappa shape index (κ2) is 6.71. The lowest BCUT2D eigenvalue weighted by atomic mass is 9.87. The van der Waals surface area contributed by atoms with E-state index in [0.717, 1.165) is 36.9 Å². The molecular weight excluding hydrogens is 338 g/mol. The van der Waals surface area contributed by atoms with E-state index in [1.54, 1.807) is 0 Å². The summed E-state index contributed by atoms with van der Waals surface area (Å²) in [6, 6.07) is 9.66. The zero-order valence-corrected chi connectivity index (χ0v) is 14.8. The van der Waals surface area contributed by atoms with Crippen molar-refractivity contribution in [1.29, 1.82) is 0 Å². The first-order chi connectivity index (χ1) is 12.2. The summed E-state index contributed by atoms with van der Waals surface area (Å²) in [6.07, 6.45) is 4.17. The zero-order valence-electron chi connectivity index (χ0n) is 14.0. The van der Waals surface area contributed by atoms with Crippen LogP contribution < -0.4 is 10.6 Å². The fourth-order valence-electron chi connectivity index (χ4n) is 4.44. The molecule has 1 saturated carbocycles. The van der Waals surface area contributed by atoms with Gasteiger partial charge in [0.05, 0.1) is 24.2 Å². The molecule has 3 atom stereocenters. The molecule has 0 radical (unpaired) electrons. The number of halogens is 1. The second-order valence-electron chi connectivity index (χ2n) is 6.93. The molecule has 1 aromatic rings. The Bertz CT molecular complexity index is 719. The molecule has 4 rings (SSSR count). The molecule has 132 valence electrons. The van der Waals surface area contributed by atoms with Crippen molar-refractivity contribution in [1.82, 2.24) is 15.5 Å². The van der Waals surface area contributed by atoms with Crippen LogP contribution in [0.4, 0.5) is 0 Å². The number of nitrogens with zero attached hydrogens (tertiary/aromatic N) is 1. The van der Waals surface area contributed by atoms with Gasteiger partial charge in [-0.25, -0.2) is 0 Å². The van der Waals surface area contributed by atoms with Gasteiger partial charge in [-0.2, -0.15) is 0 Å². The van der Waals surface area contributed by atoms with Gasteiger partial charge in [0.25, 0.3) is 5.91 Å². The third-order valence-electron chi connectivity index (χ3n) is 5.51. The highest BCUT2D eigenvalue weighted by Gasteiger charge is 2.45. The standard InChI is InChI=1S/C19H22ClN3O2/c20-10-16(24)23-15-9-5-4-8-13(15)22-14-11-21-19(25)17(14)18(23)12-6-2-1-3-7-12/h1-3,6-7,13,15,18,22H,4-5,8-11H2,(H,21,25). The predicted molar refractivity (Wildman–Crippen MR) is 96.0 cm³/mol. The van der Waals surface area contributed by atoms with Crippen molar-refractivity contribution >= 4 is 23.4 Å². The van der Waals surface area contributed by atoms with Crippen LogP contribution >= 0.6 is 11.6 Å². The summed E-state index contributed by atoms with van der Waals surface area (Å²) >= 11 is 5.97. The van der Waals surface area contributed by atoms with Crippen LogP contribution in [0.2, 0.25) is 0 Å². The molecule has 2 N–H and O–H groups in total. The molecular formula is C19H22ClN3O2. The fraction of sp³-hybridized carbons (Fsp3) is 0.474. The number of rotatable bonds is 2. The summed E-state index contributed by atoms with van der Waals surface area (Å²) < 4.78 is 0. The normalized spacial score (nSPS) is 28.6. The van der Waals surface area contributed by atoms with Crippen LogP contribution in [-0.2, 0) is 9.59 Å². The Balaban J connectivity index is 1.88. The first-order valence-electron chi connectivity index (χ1n) is 8.90. The van der Waals surface area contributed by atoms with Crippen LogP contribution in [0.3, 0.4) is 0 Å². The Kier molecular flexibility index (Phi) is 4.42. The number of fused-ring (bicyclic) bond motifs is 1. The van der Waals surface area contributed by atoms with Gasteiger partial charge in [0.1, 0.15) is 5.88 Å². The van der Waals surface area contributed by atoms with Crippen molar-refractivity contribution in [3.63, 3.8) is 0 Å². The molecule has 0 bridgehead atoms. The maximum Gasteiger partial charge on any atom is 0.251 e. The van der Waals surface area contributed by atoms with Gasteiger partial charge in [0, 0.05) is 11.7 Å². The molecule has 1 fully saturated rings. The Labute approximate surface area is 152 Å². The smallest absolute Gasteiger partial charge is 0.251 e. The first kappa shape index (κ1) is 16.5. The predicted octanol–water partition coefficient (Wildman–Crippen LogP) is 2.09. The van der Waals surface area contributed by atoms with Gasteiger partial charge in [0.15, 0.2) is 0 Å². The lowest BCUT2D eigenvalue weighted by molar-refractivity contribution is -0.134. The number of carbonyl (C=O) groups is 2. The number of benzene rings is 1. The maximum atomic E-state index is 12.9. The van der Waals surface area contributed by atoms with E-state index in [4.69, 9.17) is 11.6 Å². The molecule has 0 aromatic heterocycles. The van der Waals surface area contributed by atoms with E-state index in [2.05, 4.69) is 10.6 Å². The molecule has 2 aliphatic heterocycles. The van der Waals surface area contributed by atoms with E-state index in [9.17, 15) is 9.59 Å². The second-order valence-corrected chi connectivity index (χ2v) is 7.19. The number of hydrogen-bond acceptors (Lipinski definition) is 3. The molecule has 1 aromatic carbocycles. The summed E-state index contributed by atoms with van der Waals surface area (Å²) in [7, 11) is 0. The lowest BCUT2D eigenvalue weighted by Gasteiger charge is -2.42. The summed E-state index contributed by atoms with van der Waals surface area (Å²) in [5.41, 5.74) is 2.55. The van der Waals surface area contributed by atoms with Gasteiger partial charge < -0.3 is 15.5 Å². The summed E-state index contributed by atoms with van der Waals surface area (Å²) in [5.74, 6) is -0.276. The number of nitrogens with one attached hydrogen (secondary N) is 2. The average Bonchev–Trinajstić information content (AvgIpc) is 2.93. The van der Waals surface area contributed by atoms with Gasteiger partial charge in [-0.05, 0) is 18.4 Å². The average molecular weight is 360 g/mol. The van der Waals surface area contributed by atoms with Gasteiger partial charge >= 0.3 is 0 Å². The van der Waals surface area contributed by atoms with Crippen molar-refractivity contribution in [2.24, 2.45) is 0 Å². The molecule has 2 amide bonds. The van der Waals surface area contributed by atoms with Crippen LogP contribution in [0, 0.1) is 0 Å². The van der Waals surface area contributed by atoms with Crippen LogP contribution in [-0.4, -0.2) is 41.2 Å². The largest absolute Gasteiger partial charge is 0.382 e. The van der Waals surface area contributed by atoms with E-state index in [0.29, 0.717) is 12.1 Å². The lowest BCUT2D eigenvalue weighted by Crippen LogP contribution is -2.54. The van der Waals surface area contributed by atoms with Crippen molar-refractivity contribution in [2.75, 3.05) is 12.4 Å². The number of amides is 2. The fourth-order valence-corrected chi connectivity index (χ4v) is 4.58. The summed E-state index contributed by atoms with van der Waals surface area (Å²) in [6.45, 7) is 0.504. The number of carbonyl (C=O) groups excluding carboxylic acids is 2. The van der Waals surface area contributed by atoms with Crippen molar-refractivity contribution in [3.8, 4) is 0 Å². The highest BCUT2D eigenvalue weighted by molar-refractivity contribution is 6.27. The molecule has 3 aliphatic rings. The number of alkyl halides is 1. The molecule has 6 heteroatoms. The van der Waals surface area contributed by atoms with Gasteiger partial charge in [0.2, 0.25) is 5.91 Å². The highest BCUT2D eigenvalue weighted by atomic mass is 35.5. The topological polar surface area (TPSA) is 61.4 Å². The quantitative estimate of drug-likeness (QED) is 0.795. The molecule has 2 heterocycles. The van der Waals surface area contributed by atoms with Gasteiger partial charge in [-0.15, -0.1) is 11.6 Å². The van der Waals surface area contributed by atoms with Crippen LogP contribution in [0.15, 0.2) is 41.6 Å². The van der Waals surface area contributed by atoms with Gasteiger partial charge in [-0.1, -0.05) is 43.2 Å². The minimum absolute atomic E-state index is 0.0589. The SMILES string of the molecule is O=C1NCC2=C1C(c1ccccc1)N(C(=O)CCl)C1CCCCC1N2. The van der Waals surface area contributed by atoms with Crippen LogP contribution in [0.5, 0.6) is 0 Å². The van der Waals surface area contributed by atoms with Crippen LogP contribution in [0.25, 0.3) is 0 Å². The molecule has 0 spiro atoms. The molecule has 1 aliphatic carbocycles. The third kappa shape index (κ3) is 2.80. The van der Waals surface area contributed by atoms with Crippen LogP contribution in [0.1, 0.15) is 37.3 Å². The molecule has 0 saturated heterocycles. The van der Waals surface area contributed by atoms with Gasteiger partial charge in [-0.3, -0.25) is 9.59 Å².